The second-order valence-electron chi connectivity index (χ2n) is 3.36. The largest absolute Gasteiger partial charge is 0.343 e. The number of rotatable bonds is 1. The van der Waals surface area contributed by atoms with E-state index >= 15 is 0 Å². The van der Waals surface area contributed by atoms with Crippen LogP contribution in [0.5, 0.6) is 0 Å². The lowest BCUT2D eigenvalue weighted by atomic mass is 10.2. The van der Waals surface area contributed by atoms with Crippen molar-refractivity contribution in [2.75, 3.05) is 0 Å². The number of aryl methyl sites for hydroxylation is 2. The minimum absolute atomic E-state index is 0.0445. The molecule has 3 heteroatoms. The van der Waals surface area contributed by atoms with E-state index in [1.54, 1.807) is 6.07 Å². The third kappa shape index (κ3) is 1.41. The Balaban J connectivity index is 2.84. The van der Waals surface area contributed by atoms with Crippen molar-refractivity contribution in [3.8, 4) is 0 Å². The molecule has 2 rings (SSSR count). The summed E-state index contributed by atoms with van der Waals surface area (Å²) in [7, 11) is 0. The monoisotopic (exact) mass is 188 g/mol. The Bertz CT molecular complexity index is 528. The van der Waals surface area contributed by atoms with Crippen LogP contribution in [0.2, 0.25) is 0 Å². The first-order valence-corrected chi connectivity index (χ1v) is 4.70. The van der Waals surface area contributed by atoms with Crippen LogP contribution in [0.4, 0.5) is 0 Å². The van der Waals surface area contributed by atoms with Crippen molar-refractivity contribution in [2.45, 2.75) is 20.3 Å². The van der Waals surface area contributed by atoms with E-state index in [1.165, 1.54) is 0 Å². The number of aromatic nitrogens is 2. The van der Waals surface area contributed by atoms with Crippen LogP contribution in [0.25, 0.3) is 11.0 Å². The van der Waals surface area contributed by atoms with Gasteiger partial charge in [0.05, 0.1) is 5.39 Å². The summed E-state index contributed by atoms with van der Waals surface area (Å²) in [5.41, 5.74) is 2.58. The van der Waals surface area contributed by atoms with Crippen LogP contribution < -0.4 is 5.43 Å². The summed E-state index contributed by atoms with van der Waals surface area (Å²) in [5, 5.41) is 0.660. The van der Waals surface area contributed by atoms with E-state index in [0.29, 0.717) is 11.0 Å². The molecule has 0 spiro atoms. The highest BCUT2D eigenvalue weighted by atomic mass is 16.1. The third-order valence-corrected chi connectivity index (χ3v) is 2.27. The minimum atomic E-state index is 0.0445. The molecule has 0 aliphatic carbocycles. The van der Waals surface area contributed by atoms with E-state index in [9.17, 15) is 4.79 Å². The second kappa shape index (κ2) is 3.25. The predicted molar refractivity (Wildman–Crippen MR) is 56.5 cm³/mol. The molecular weight excluding hydrogens is 176 g/mol. The van der Waals surface area contributed by atoms with Crippen LogP contribution >= 0.6 is 0 Å². The minimum Gasteiger partial charge on any atom is -0.343 e. The topological polar surface area (TPSA) is 45.8 Å². The first-order chi connectivity index (χ1) is 6.70. The summed E-state index contributed by atoms with van der Waals surface area (Å²) in [6.45, 7) is 3.92. The maximum atomic E-state index is 11.6. The van der Waals surface area contributed by atoms with Crippen LogP contribution in [-0.4, -0.2) is 9.97 Å². The van der Waals surface area contributed by atoms with Crippen molar-refractivity contribution in [1.29, 1.82) is 0 Å². The average molecular weight is 188 g/mol. The van der Waals surface area contributed by atoms with Crippen molar-refractivity contribution in [3.63, 3.8) is 0 Å². The summed E-state index contributed by atoms with van der Waals surface area (Å²) in [6, 6.07) is 5.30. The molecule has 0 amide bonds. The van der Waals surface area contributed by atoms with Gasteiger partial charge in [-0.25, -0.2) is 4.98 Å². The lowest BCUT2D eigenvalue weighted by Crippen LogP contribution is -2.06. The molecule has 3 nitrogen and oxygen atoms in total. The summed E-state index contributed by atoms with van der Waals surface area (Å²) in [5.74, 6) is 0. The average Bonchev–Trinajstić information content (AvgIpc) is 2.16. The SMILES string of the molecule is CCc1cc(=O)c2ccc(C)nc2[nH]1. The van der Waals surface area contributed by atoms with Gasteiger partial charge in [0, 0.05) is 17.5 Å². The molecule has 14 heavy (non-hydrogen) atoms. The van der Waals surface area contributed by atoms with Gasteiger partial charge in [0.2, 0.25) is 0 Å². The normalized spacial score (nSPS) is 10.7. The molecule has 0 atom stereocenters. The van der Waals surface area contributed by atoms with Gasteiger partial charge < -0.3 is 4.98 Å². The number of aromatic amines is 1. The molecule has 0 aliphatic heterocycles. The van der Waals surface area contributed by atoms with Crippen molar-refractivity contribution in [2.24, 2.45) is 0 Å². The molecule has 0 unspecified atom stereocenters. The van der Waals surface area contributed by atoms with E-state index in [2.05, 4.69) is 9.97 Å². The van der Waals surface area contributed by atoms with Gasteiger partial charge >= 0.3 is 0 Å². The van der Waals surface area contributed by atoms with Gasteiger partial charge in [-0.2, -0.15) is 0 Å². The molecule has 72 valence electrons. The molecule has 0 bridgehead atoms. The van der Waals surface area contributed by atoms with Crippen molar-refractivity contribution in [3.05, 3.63) is 39.8 Å². The Morgan fingerprint density at radius 3 is 2.93 bits per heavy atom. The number of fused-ring (bicyclic) bond motifs is 1. The molecule has 2 aromatic heterocycles. The number of hydrogen-bond donors (Lipinski definition) is 1. The van der Waals surface area contributed by atoms with Gasteiger partial charge in [0.25, 0.3) is 0 Å². The standard InChI is InChI=1S/C11H12N2O/c1-3-8-6-10(14)9-5-4-7(2)12-11(9)13-8/h4-6H,3H2,1-2H3,(H,12,13,14). The highest BCUT2D eigenvalue weighted by molar-refractivity contribution is 5.74. The van der Waals surface area contributed by atoms with Crippen molar-refractivity contribution < 1.29 is 0 Å². The van der Waals surface area contributed by atoms with Crippen molar-refractivity contribution >= 4 is 11.0 Å². The van der Waals surface area contributed by atoms with Crippen molar-refractivity contribution in [1.82, 2.24) is 9.97 Å². The Kier molecular flexibility index (Phi) is 2.08. The molecule has 0 fully saturated rings. The molecule has 0 saturated carbocycles. The number of nitrogens with zero attached hydrogens (tertiary/aromatic N) is 1. The second-order valence-corrected chi connectivity index (χ2v) is 3.36. The Hall–Kier alpha value is -1.64. The van der Waals surface area contributed by atoms with Gasteiger partial charge in [-0.3, -0.25) is 4.79 Å². The summed E-state index contributed by atoms with van der Waals surface area (Å²) < 4.78 is 0. The quantitative estimate of drug-likeness (QED) is 0.741. The molecule has 0 aliphatic rings. The van der Waals surface area contributed by atoms with E-state index < -0.39 is 0 Å². The van der Waals surface area contributed by atoms with Gasteiger partial charge in [0.1, 0.15) is 5.65 Å². The lowest BCUT2D eigenvalue weighted by molar-refractivity contribution is 1.04. The third-order valence-electron chi connectivity index (χ3n) is 2.27. The zero-order valence-corrected chi connectivity index (χ0v) is 8.29. The highest BCUT2D eigenvalue weighted by Crippen LogP contribution is 2.06. The predicted octanol–water partition coefficient (Wildman–Crippen LogP) is 1.79. The Morgan fingerprint density at radius 1 is 1.43 bits per heavy atom. The van der Waals surface area contributed by atoms with Gasteiger partial charge in [-0.1, -0.05) is 6.92 Å². The fraction of sp³-hybridized carbons (Fsp3) is 0.273. The lowest BCUT2D eigenvalue weighted by Gasteiger charge is -2.01. The number of nitrogens with one attached hydrogen (secondary N) is 1. The molecule has 0 radical (unpaired) electrons. The maximum absolute atomic E-state index is 11.6. The van der Waals surface area contributed by atoms with E-state index in [0.717, 1.165) is 17.8 Å². The fourth-order valence-corrected chi connectivity index (χ4v) is 1.47. The summed E-state index contributed by atoms with van der Waals surface area (Å²) in [4.78, 5) is 19.0. The van der Waals surface area contributed by atoms with Gasteiger partial charge in [0.15, 0.2) is 5.43 Å². The first kappa shape index (κ1) is 8.94. The number of pyridine rings is 2. The molecule has 0 aromatic carbocycles. The highest BCUT2D eigenvalue weighted by Gasteiger charge is 2.01. The molecular formula is C11H12N2O. The van der Waals surface area contributed by atoms with E-state index in [4.69, 9.17) is 0 Å². The van der Waals surface area contributed by atoms with Crippen LogP contribution in [0.15, 0.2) is 23.0 Å². The number of H-pyrrole nitrogens is 1. The summed E-state index contributed by atoms with van der Waals surface area (Å²) in [6.07, 6.45) is 0.820. The maximum Gasteiger partial charge on any atom is 0.191 e. The smallest absolute Gasteiger partial charge is 0.191 e. The van der Waals surface area contributed by atoms with Gasteiger partial charge in [-0.05, 0) is 25.5 Å². The van der Waals surface area contributed by atoms with Crippen LogP contribution in [-0.2, 0) is 6.42 Å². The van der Waals surface area contributed by atoms with E-state index in [1.807, 2.05) is 26.0 Å². The van der Waals surface area contributed by atoms with Crippen LogP contribution in [0.1, 0.15) is 18.3 Å². The summed E-state index contributed by atoms with van der Waals surface area (Å²) >= 11 is 0. The molecule has 2 aromatic rings. The Morgan fingerprint density at radius 2 is 2.21 bits per heavy atom. The fourth-order valence-electron chi connectivity index (χ4n) is 1.47. The molecule has 1 N–H and O–H groups in total. The van der Waals surface area contributed by atoms with Gasteiger partial charge in [-0.15, -0.1) is 0 Å². The zero-order valence-electron chi connectivity index (χ0n) is 8.29. The zero-order chi connectivity index (χ0) is 10.1. The molecule has 2 heterocycles. The molecule has 0 saturated heterocycles. The Labute approximate surface area is 81.8 Å². The number of hydrogen-bond acceptors (Lipinski definition) is 2. The van der Waals surface area contributed by atoms with Crippen LogP contribution in [0, 0.1) is 6.92 Å². The van der Waals surface area contributed by atoms with Crippen LogP contribution in [0.3, 0.4) is 0 Å². The van der Waals surface area contributed by atoms with E-state index in [-0.39, 0.29) is 5.43 Å². The first-order valence-electron chi connectivity index (χ1n) is 4.70.